The molecule has 4 heteroatoms. The lowest BCUT2D eigenvalue weighted by atomic mass is 10.0. The number of aldehydes is 1. The van der Waals surface area contributed by atoms with Gasteiger partial charge in [-0.05, 0) is 24.7 Å². The molecular weight excluding hydrogens is 224 g/mol. The van der Waals surface area contributed by atoms with E-state index >= 15 is 0 Å². The molecule has 0 unspecified atom stereocenters. The summed E-state index contributed by atoms with van der Waals surface area (Å²) in [6.45, 7) is 1.63. The molecule has 1 aliphatic heterocycles. The first-order valence-corrected chi connectivity index (χ1v) is 5.54. The Labute approximate surface area is 98.0 Å². The highest BCUT2D eigenvalue weighted by Crippen LogP contribution is 2.35. The fourth-order valence-electron chi connectivity index (χ4n) is 2.44. The average Bonchev–Trinajstić information content (AvgIpc) is 2.62. The second kappa shape index (κ2) is 3.34. The molecule has 0 bridgehead atoms. The van der Waals surface area contributed by atoms with Gasteiger partial charge in [-0.15, -0.1) is 0 Å². The van der Waals surface area contributed by atoms with Crippen molar-refractivity contribution < 1.29 is 4.79 Å². The Bertz CT molecular complexity index is 588. The van der Waals surface area contributed by atoms with Crippen LogP contribution in [0.1, 0.15) is 21.6 Å². The van der Waals surface area contributed by atoms with Crippen LogP contribution in [-0.4, -0.2) is 23.2 Å². The monoisotopic (exact) mass is 234 g/mol. The number of carbonyl (C=O) groups is 1. The van der Waals surface area contributed by atoms with Crippen molar-refractivity contribution >= 4 is 28.8 Å². The Morgan fingerprint density at radius 2 is 2.12 bits per heavy atom. The summed E-state index contributed by atoms with van der Waals surface area (Å²) >= 11 is 6.20. The second-order valence-electron chi connectivity index (χ2n) is 4.26. The highest BCUT2D eigenvalue weighted by atomic mass is 35.5. The van der Waals surface area contributed by atoms with Crippen LogP contribution in [0.5, 0.6) is 0 Å². The summed E-state index contributed by atoms with van der Waals surface area (Å²) in [5, 5.41) is 1.91. The SMILES string of the molecule is CN1Cc2c(Cl)ccc3[nH]c(C=O)c(c23)C1. The van der Waals surface area contributed by atoms with Crippen LogP contribution in [0.15, 0.2) is 12.1 Å². The van der Waals surface area contributed by atoms with Gasteiger partial charge in [0.2, 0.25) is 0 Å². The van der Waals surface area contributed by atoms with Crippen molar-refractivity contribution in [2.24, 2.45) is 0 Å². The summed E-state index contributed by atoms with van der Waals surface area (Å²) in [5.41, 5.74) is 3.86. The fourth-order valence-corrected chi connectivity index (χ4v) is 2.66. The van der Waals surface area contributed by atoms with Gasteiger partial charge in [0, 0.05) is 34.6 Å². The molecule has 0 spiro atoms. The molecule has 82 valence electrons. The fraction of sp³-hybridized carbons (Fsp3) is 0.250. The van der Waals surface area contributed by atoms with Crippen molar-refractivity contribution in [3.8, 4) is 0 Å². The van der Waals surface area contributed by atoms with E-state index in [0.29, 0.717) is 5.69 Å². The quantitative estimate of drug-likeness (QED) is 0.770. The summed E-state index contributed by atoms with van der Waals surface area (Å²) in [5.74, 6) is 0. The first-order valence-electron chi connectivity index (χ1n) is 5.16. The molecule has 0 saturated heterocycles. The van der Waals surface area contributed by atoms with Gasteiger partial charge in [0.05, 0.1) is 5.69 Å². The van der Waals surface area contributed by atoms with Crippen LogP contribution in [0.2, 0.25) is 5.02 Å². The van der Waals surface area contributed by atoms with E-state index in [1.54, 1.807) is 0 Å². The molecule has 3 rings (SSSR count). The number of nitrogens with zero attached hydrogens (tertiary/aromatic N) is 1. The predicted octanol–water partition coefficient (Wildman–Crippen LogP) is 2.58. The molecule has 1 aliphatic rings. The molecule has 1 aromatic carbocycles. The van der Waals surface area contributed by atoms with Gasteiger partial charge >= 0.3 is 0 Å². The van der Waals surface area contributed by atoms with Crippen molar-refractivity contribution in [3.05, 3.63) is 34.0 Å². The smallest absolute Gasteiger partial charge is 0.166 e. The van der Waals surface area contributed by atoms with Crippen molar-refractivity contribution in [2.45, 2.75) is 13.1 Å². The van der Waals surface area contributed by atoms with Gasteiger partial charge in [0.1, 0.15) is 0 Å². The molecule has 0 radical (unpaired) electrons. The minimum Gasteiger partial charge on any atom is -0.352 e. The van der Waals surface area contributed by atoms with Crippen LogP contribution in [-0.2, 0) is 13.1 Å². The van der Waals surface area contributed by atoms with E-state index in [9.17, 15) is 4.79 Å². The Kier molecular flexibility index (Phi) is 2.06. The minimum absolute atomic E-state index is 0.671. The third-order valence-electron chi connectivity index (χ3n) is 3.13. The minimum atomic E-state index is 0.671. The number of rotatable bonds is 1. The zero-order valence-corrected chi connectivity index (χ0v) is 9.64. The molecule has 0 aliphatic carbocycles. The van der Waals surface area contributed by atoms with E-state index in [-0.39, 0.29) is 0 Å². The summed E-state index contributed by atoms with van der Waals surface area (Å²) in [6.07, 6.45) is 0.881. The highest BCUT2D eigenvalue weighted by molar-refractivity contribution is 6.32. The maximum atomic E-state index is 11.0. The Morgan fingerprint density at radius 3 is 2.88 bits per heavy atom. The molecule has 2 aromatic rings. The molecule has 1 aromatic heterocycles. The van der Waals surface area contributed by atoms with Crippen LogP contribution >= 0.6 is 11.6 Å². The topological polar surface area (TPSA) is 36.1 Å². The Balaban J connectivity index is 2.43. The van der Waals surface area contributed by atoms with Crippen molar-refractivity contribution in [3.63, 3.8) is 0 Å². The van der Waals surface area contributed by atoms with Crippen LogP contribution in [0.3, 0.4) is 0 Å². The van der Waals surface area contributed by atoms with E-state index in [2.05, 4.69) is 9.88 Å². The summed E-state index contributed by atoms with van der Waals surface area (Å²) in [7, 11) is 2.03. The molecule has 0 saturated carbocycles. The Hall–Kier alpha value is -1.32. The zero-order valence-electron chi connectivity index (χ0n) is 8.88. The number of hydrogen-bond acceptors (Lipinski definition) is 2. The van der Waals surface area contributed by atoms with Crippen molar-refractivity contribution in [1.29, 1.82) is 0 Å². The number of benzene rings is 1. The summed E-state index contributed by atoms with van der Waals surface area (Å²) in [4.78, 5) is 16.3. The van der Waals surface area contributed by atoms with Crippen molar-refractivity contribution in [2.75, 3.05) is 7.05 Å². The van der Waals surface area contributed by atoms with E-state index in [4.69, 9.17) is 11.6 Å². The van der Waals surface area contributed by atoms with E-state index in [1.165, 1.54) is 0 Å². The highest BCUT2D eigenvalue weighted by Gasteiger charge is 2.22. The van der Waals surface area contributed by atoms with Crippen molar-refractivity contribution in [1.82, 2.24) is 9.88 Å². The zero-order chi connectivity index (χ0) is 11.3. The number of aromatic nitrogens is 1. The van der Waals surface area contributed by atoms with Crippen LogP contribution < -0.4 is 0 Å². The molecule has 0 amide bonds. The number of aromatic amines is 1. The van der Waals surface area contributed by atoms with Crippen LogP contribution in [0.4, 0.5) is 0 Å². The van der Waals surface area contributed by atoms with Gasteiger partial charge in [-0.25, -0.2) is 0 Å². The molecule has 0 atom stereocenters. The second-order valence-corrected chi connectivity index (χ2v) is 4.66. The van der Waals surface area contributed by atoms with Gasteiger partial charge < -0.3 is 4.98 Å². The molecular formula is C12H11ClN2O. The van der Waals surface area contributed by atoms with Gasteiger partial charge in [-0.3, -0.25) is 9.69 Å². The van der Waals surface area contributed by atoms with Crippen LogP contribution in [0, 0.1) is 0 Å². The number of halogens is 1. The lowest BCUT2D eigenvalue weighted by Gasteiger charge is -2.23. The largest absolute Gasteiger partial charge is 0.352 e. The van der Waals surface area contributed by atoms with Gasteiger partial charge in [-0.2, -0.15) is 0 Å². The molecule has 2 heterocycles. The first-order chi connectivity index (χ1) is 7.70. The maximum Gasteiger partial charge on any atom is 0.166 e. The number of nitrogens with one attached hydrogen (secondary N) is 1. The molecule has 1 N–H and O–H groups in total. The maximum absolute atomic E-state index is 11.0. The van der Waals surface area contributed by atoms with Gasteiger partial charge in [0.25, 0.3) is 0 Å². The standard InChI is InChI=1S/C12H11ClN2O/c1-15-4-7-9(13)2-3-10-12(7)8(5-15)11(6-16)14-10/h2-3,6,14H,4-5H2,1H3. The molecule has 3 nitrogen and oxygen atoms in total. The summed E-state index contributed by atoms with van der Waals surface area (Å²) < 4.78 is 0. The first kappa shape index (κ1) is 9.87. The van der Waals surface area contributed by atoms with E-state index in [1.807, 2.05) is 19.2 Å². The number of carbonyl (C=O) groups excluding carboxylic acids is 1. The lowest BCUT2D eigenvalue weighted by Crippen LogP contribution is -2.22. The molecule has 16 heavy (non-hydrogen) atoms. The molecule has 0 fully saturated rings. The number of hydrogen-bond donors (Lipinski definition) is 1. The predicted molar refractivity (Wildman–Crippen MR) is 63.9 cm³/mol. The normalized spacial score (nSPS) is 15.6. The van der Waals surface area contributed by atoms with E-state index < -0.39 is 0 Å². The van der Waals surface area contributed by atoms with Gasteiger partial charge in [-0.1, -0.05) is 11.6 Å². The average molecular weight is 235 g/mol. The lowest BCUT2D eigenvalue weighted by molar-refractivity contribution is 0.111. The third-order valence-corrected chi connectivity index (χ3v) is 3.48. The summed E-state index contributed by atoms with van der Waals surface area (Å²) in [6, 6.07) is 3.82. The Morgan fingerprint density at radius 1 is 1.38 bits per heavy atom. The third kappa shape index (κ3) is 1.22. The van der Waals surface area contributed by atoms with E-state index in [0.717, 1.165) is 46.4 Å². The number of H-pyrrole nitrogens is 1. The van der Waals surface area contributed by atoms with Crippen LogP contribution in [0.25, 0.3) is 10.9 Å². The van der Waals surface area contributed by atoms with Gasteiger partial charge in [0.15, 0.2) is 6.29 Å².